The van der Waals surface area contributed by atoms with Crippen molar-refractivity contribution >= 4 is 17.9 Å². The number of hydrogen-bond donors (Lipinski definition) is 2. The van der Waals surface area contributed by atoms with Crippen LogP contribution in [0.3, 0.4) is 0 Å². The number of urea groups is 1. The van der Waals surface area contributed by atoms with Crippen molar-refractivity contribution in [3.05, 3.63) is 29.8 Å². The Morgan fingerprint density at radius 2 is 1.63 bits per heavy atom. The van der Waals surface area contributed by atoms with Crippen molar-refractivity contribution in [2.24, 2.45) is 0 Å². The van der Waals surface area contributed by atoms with E-state index in [0.717, 1.165) is 5.56 Å². The maximum atomic E-state index is 12.0. The van der Waals surface area contributed by atoms with Gasteiger partial charge in [0.15, 0.2) is 12.7 Å². The molecule has 1 aromatic carbocycles. The minimum absolute atomic E-state index is 0.145. The van der Waals surface area contributed by atoms with Gasteiger partial charge in [0.2, 0.25) is 0 Å². The number of carbonyl (C=O) groups is 3. The van der Waals surface area contributed by atoms with E-state index in [0.29, 0.717) is 5.75 Å². The van der Waals surface area contributed by atoms with Crippen LogP contribution < -0.4 is 15.4 Å². The number of hydrogen-bond acceptors (Lipinski definition) is 5. The van der Waals surface area contributed by atoms with Gasteiger partial charge in [0.25, 0.3) is 5.91 Å². The molecule has 7 heteroatoms. The fourth-order valence-electron chi connectivity index (χ4n) is 2.22. The quantitative estimate of drug-likeness (QED) is 0.769. The lowest BCUT2D eigenvalue weighted by molar-refractivity contribution is -0.156. The van der Waals surface area contributed by atoms with Crippen LogP contribution in [0.1, 0.15) is 54.0 Å². The fourth-order valence-corrected chi connectivity index (χ4v) is 2.22. The summed E-state index contributed by atoms with van der Waals surface area (Å²) in [6, 6.07) is 6.79. The smallest absolute Gasteiger partial charge is 0.344 e. The molecule has 0 heterocycles. The average Bonchev–Trinajstić information content (AvgIpc) is 2.50. The Labute approximate surface area is 160 Å². The van der Waals surface area contributed by atoms with E-state index in [2.05, 4.69) is 10.6 Å². The van der Waals surface area contributed by atoms with Crippen molar-refractivity contribution in [3.63, 3.8) is 0 Å². The summed E-state index contributed by atoms with van der Waals surface area (Å²) in [7, 11) is 0. The highest BCUT2D eigenvalue weighted by Crippen LogP contribution is 2.30. The molecule has 7 nitrogen and oxygen atoms in total. The van der Waals surface area contributed by atoms with Crippen molar-refractivity contribution in [2.45, 2.75) is 65.5 Å². The molecule has 0 saturated carbocycles. The molecule has 27 heavy (non-hydrogen) atoms. The Hall–Kier alpha value is -2.57. The standard InChI is InChI=1S/C20H30N2O5/c1-13(17(24)21-18(25)22-20(5,6)7)27-16(23)12-26-15-11-9-8-10-14(15)19(2,3)4/h8-11,13H,12H2,1-7H3,(H2,21,22,24,25)/t13-/m1/s1. The fraction of sp³-hybridized carbons (Fsp3) is 0.550. The molecule has 1 atom stereocenters. The highest BCUT2D eigenvalue weighted by atomic mass is 16.6. The molecular weight excluding hydrogens is 348 g/mol. The summed E-state index contributed by atoms with van der Waals surface area (Å²) in [6.45, 7) is 12.5. The lowest BCUT2D eigenvalue weighted by atomic mass is 9.86. The first-order valence-corrected chi connectivity index (χ1v) is 8.84. The van der Waals surface area contributed by atoms with Crippen molar-refractivity contribution < 1.29 is 23.9 Å². The third kappa shape index (κ3) is 8.11. The summed E-state index contributed by atoms with van der Waals surface area (Å²) in [5.41, 5.74) is 0.328. The van der Waals surface area contributed by atoms with Gasteiger partial charge in [-0.3, -0.25) is 10.1 Å². The summed E-state index contributed by atoms with van der Waals surface area (Å²) >= 11 is 0. The summed E-state index contributed by atoms with van der Waals surface area (Å²) in [6.07, 6.45) is -1.12. The number of para-hydroxylation sites is 1. The Bertz CT molecular complexity index is 686. The van der Waals surface area contributed by atoms with Crippen LogP contribution in [0.2, 0.25) is 0 Å². The van der Waals surface area contributed by atoms with Crippen molar-refractivity contribution in [3.8, 4) is 5.75 Å². The predicted molar refractivity (Wildman–Crippen MR) is 103 cm³/mol. The van der Waals surface area contributed by atoms with Gasteiger partial charge in [-0.1, -0.05) is 39.0 Å². The van der Waals surface area contributed by atoms with E-state index in [9.17, 15) is 14.4 Å². The number of amides is 3. The zero-order valence-corrected chi connectivity index (χ0v) is 17.1. The van der Waals surface area contributed by atoms with Crippen LogP contribution in [-0.2, 0) is 19.7 Å². The lowest BCUT2D eigenvalue weighted by Crippen LogP contribution is -2.50. The van der Waals surface area contributed by atoms with Crippen LogP contribution in [0.25, 0.3) is 0 Å². The third-order valence-corrected chi connectivity index (χ3v) is 3.44. The third-order valence-electron chi connectivity index (χ3n) is 3.44. The first kappa shape index (κ1) is 22.5. The van der Waals surface area contributed by atoms with Gasteiger partial charge in [0, 0.05) is 5.54 Å². The van der Waals surface area contributed by atoms with E-state index < -0.39 is 29.6 Å². The summed E-state index contributed by atoms with van der Waals surface area (Å²) < 4.78 is 10.6. The number of rotatable bonds is 5. The summed E-state index contributed by atoms with van der Waals surface area (Å²) in [4.78, 5) is 35.6. The van der Waals surface area contributed by atoms with Gasteiger partial charge in [0.1, 0.15) is 5.75 Å². The molecule has 0 fully saturated rings. The highest BCUT2D eigenvalue weighted by Gasteiger charge is 2.23. The van der Waals surface area contributed by atoms with Crippen molar-refractivity contribution in [1.82, 2.24) is 10.6 Å². The Morgan fingerprint density at radius 3 is 2.19 bits per heavy atom. The molecule has 0 saturated heterocycles. The van der Waals surface area contributed by atoms with Gasteiger partial charge in [-0.05, 0) is 44.7 Å². The second-order valence-corrected chi connectivity index (χ2v) is 8.36. The molecule has 1 rings (SSSR count). The summed E-state index contributed by atoms with van der Waals surface area (Å²) in [5, 5.41) is 4.73. The minimum atomic E-state index is -1.12. The number of esters is 1. The van der Waals surface area contributed by atoms with Crippen molar-refractivity contribution in [2.75, 3.05) is 6.61 Å². The van der Waals surface area contributed by atoms with E-state index in [4.69, 9.17) is 9.47 Å². The van der Waals surface area contributed by atoms with E-state index in [-0.39, 0.29) is 12.0 Å². The van der Waals surface area contributed by atoms with Gasteiger partial charge in [-0.15, -0.1) is 0 Å². The van der Waals surface area contributed by atoms with Crippen LogP contribution in [0.5, 0.6) is 5.75 Å². The molecule has 0 unspecified atom stereocenters. The number of carbonyl (C=O) groups excluding carboxylic acids is 3. The van der Waals surface area contributed by atoms with Crippen LogP contribution in [-0.4, -0.2) is 36.2 Å². The zero-order chi connectivity index (χ0) is 20.8. The molecule has 1 aromatic rings. The molecular formula is C20H30N2O5. The monoisotopic (exact) mass is 378 g/mol. The van der Waals surface area contributed by atoms with Crippen LogP contribution in [0, 0.1) is 0 Å². The van der Waals surface area contributed by atoms with E-state index in [1.807, 2.05) is 39.0 Å². The molecule has 150 valence electrons. The maximum Gasteiger partial charge on any atom is 0.344 e. The molecule has 0 spiro atoms. The molecule has 0 radical (unpaired) electrons. The predicted octanol–water partition coefficient (Wildman–Crippen LogP) is 2.92. The Balaban J connectivity index is 2.56. The van der Waals surface area contributed by atoms with Crippen molar-refractivity contribution in [1.29, 1.82) is 0 Å². The van der Waals surface area contributed by atoms with E-state index in [1.165, 1.54) is 6.92 Å². The Kier molecular flexibility index (Phi) is 7.39. The molecule has 0 bridgehead atoms. The van der Waals surface area contributed by atoms with Gasteiger partial charge in [0.05, 0.1) is 0 Å². The zero-order valence-electron chi connectivity index (χ0n) is 17.1. The second kappa shape index (κ2) is 8.88. The lowest BCUT2D eigenvalue weighted by Gasteiger charge is -2.23. The molecule has 0 aromatic heterocycles. The first-order chi connectivity index (χ1) is 12.3. The van der Waals surface area contributed by atoms with Gasteiger partial charge in [-0.25, -0.2) is 9.59 Å². The normalized spacial score (nSPS) is 12.7. The molecule has 3 amide bonds. The number of ether oxygens (including phenoxy) is 2. The topological polar surface area (TPSA) is 93.7 Å². The molecule has 0 aliphatic rings. The van der Waals surface area contributed by atoms with Crippen LogP contribution in [0.15, 0.2) is 24.3 Å². The largest absolute Gasteiger partial charge is 0.482 e. The SMILES string of the molecule is C[C@@H](OC(=O)COc1ccccc1C(C)(C)C)C(=O)NC(=O)NC(C)(C)C. The molecule has 0 aliphatic carbocycles. The average molecular weight is 378 g/mol. The minimum Gasteiger partial charge on any atom is -0.482 e. The van der Waals surface area contributed by atoms with E-state index >= 15 is 0 Å². The van der Waals surface area contributed by atoms with E-state index in [1.54, 1.807) is 26.8 Å². The molecule has 0 aliphatic heterocycles. The Morgan fingerprint density at radius 1 is 1.04 bits per heavy atom. The molecule has 2 N–H and O–H groups in total. The van der Waals surface area contributed by atoms with Gasteiger partial charge in [-0.2, -0.15) is 0 Å². The van der Waals surface area contributed by atoms with Crippen LogP contribution >= 0.6 is 0 Å². The second-order valence-electron chi connectivity index (χ2n) is 8.36. The first-order valence-electron chi connectivity index (χ1n) is 8.84. The summed E-state index contributed by atoms with van der Waals surface area (Å²) in [5.74, 6) is -0.818. The number of nitrogens with one attached hydrogen (secondary N) is 2. The maximum absolute atomic E-state index is 12.0. The number of benzene rings is 1. The van der Waals surface area contributed by atoms with Crippen LogP contribution in [0.4, 0.5) is 4.79 Å². The van der Waals surface area contributed by atoms with Gasteiger partial charge >= 0.3 is 12.0 Å². The van der Waals surface area contributed by atoms with Gasteiger partial charge < -0.3 is 14.8 Å². The highest BCUT2D eigenvalue weighted by molar-refractivity contribution is 5.97. The number of imide groups is 1.